The van der Waals surface area contributed by atoms with Crippen LogP contribution in [-0.2, 0) is 0 Å². The number of carbonyl (C=O) groups excluding carboxylic acids is 1. The maximum Gasteiger partial charge on any atom is 0.257 e. The summed E-state index contributed by atoms with van der Waals surface area (Å²) < 4.78 is 0.928. The summed E-state index contributed by atoms with van der Waals surface area (Å²) in [6.45, 7) is 0. The predicted molar refractivity (Wildman–Crippen MR) is 92.1 cm³/mol. The van der Waals surface area contributed by atoms with Crippen LogP contribution in [0.5, 0.6) is 0 Å². The van der Waals surface area contributed by atoms with Crippen molar-refractivity contribution < 1.29 is 4.79 Å². The van der Waals surface area contributed by atoms with Gasteiger partial charge in [0.05, 0.1) is 21.3 Å². The average molecular weight is 341 g/mol. The molecular weight excluding hydrogens is 332 g/mol. The van der Waals surface area contributed by atoms with Crippen LogP contribution in [0.4, 0.5) is 5.13 Å². The number of thiazole rings is 1. The molecule has 0 aliphatic rings. The third-order valence-corrected chi connectivity index (χ3v) is 4.47. The summed E-state index contributed by atoms with van der Waals surface area (Å²) in [5, 5.41) is 3.99. The molecule has 4 aromatic rings. The highest BCUT2D eigenvalue weighted by Crippen LogP contribution is 2.28. The minimum absolute atomic E-state index is 0.234. The standard InChI is InChI=1S/C16H9ClN4OS/c17-10-2-4-12-14(8-10)23-16(20-12)21-15(22)9-1-3-11-13(7-9)19-6-5-18-11/h1-8H,(H,20,21,22). The van der Waals surface area contributed by atoms with Crippen molar-refractivity contribution >= 4 is 55.2 Å². The van der Waals surface area contributed by atoms with Crippen molar-refractivity contribution in [3.63, 3.8) is 0 Å². The molecule has 0 saturated heterocycles. The van der Waals surface area contributed by atoms with Crippen molar-refractivity contribution in [1.29, 1.82) is 0 Å². The van der Waals surface area contributed by atoms with Gasteiger partial charge in [0.15, 0.2) is 5.13 Å². The van der Waals surface area contributed by atoms with E-state index >= 15 is 0 Å². The Kier molecular flexibility index (Phi) is 3.40. The monoisotopic (exact) mass is 340 g/mol. The first-order valence-electron chi connectivity index (χ1n) is 6.77. The molecule has 4 rings (SSSR count). The number of nitrogens with zero attached hydrogens (tertiary/aromatic N) is 3. The second-order valence-corrected chi connectivity index (χ2v) is 6.31. The topological polar surface area (TPSA) is 67.8 Å². The minimum Gasteiger partial charge on any atom is -0.298 e. The minimum atomic E-state index is -0.234. The van der Waals surface area contributed by atoms with Crippen LogP contribution in [0.3, 0.4) is 0 Å². The van der Waals surface area contributed by atoms with Gasteiger partial charge in [-0.25, -0.2) is 4.98 Å². The maximum absolute atomic E-state index is 12.4. The van der Waals surface area contributed by atoms with Crippen LogP contribution >= 0.6 is 22.9 Å². The molecular formula is C16H9ClN4OS. The fourth-order valence-electron chi connectivity index (χ4n) is 2.23. The van der Waals surface area contributed by atoms with Crippen LogP contribution in [0.1, 0.15) is 10.4 Å². The van der Waals surface area contributed by atoms with Crippen molar-refractivity contribution in [1.82, 2.24) is 15.0 Å². The van der Waals surface area contributed by atoms with Crippen molar-refractivity contribution in [2.75, 3.05) is 5.32 Å². The van der Waals surface area contributed by atoms with E-state index in [0.29, 0.717) is 21.2 Å². The lowest BCUT2D eigenvalue weighted by atomic mass is 10.2. The van der Waals surface area contributed by atoms with Gasteiger partial charge in [0.25, 0.3) is 5.91 Å². The maximum atomic E-state index is 12.4. The summed E-state index contributed by atoms with van der Waals surface area (Å²) in [6.07, 6.45) is 3.22. The second kappa shape index (κ2) is 5.57. The molecule has 0 radical (unpaired) electrons. The Morgan fingerprint density at radius 3 is 2.65 bits per heavy atom. The molecule has 1 amide bonds. The number of halogens is 1. The van der Waals surface area contributed by atoms with Crippen LogP contribution in [0.15, 0.2) is 48.8 Å². The molecule has 1 N–H and O–H groups in total. The molecule has 5 nitrogen and oxygen atoms in total. The molecule has 0 aliphatic carbocycles. The third-order valence-electron chi connectivity index (χ3n) is 3.30. The van der Waals surface area contributed by atoms with E-state index < -0.39 is 0 Å². The highest BCUT2D eigenvalue weighted by molar-refractivity contribution is 7.22. The lowest BCUT2D eigenvalue weighted by Gasteiger charge is -2.02. The molecule has 112 valence electrons. The number of nitrogens with one attached hydrogen (secondary N) is 1. The molecule has 0 spiro atoms. The Labute approximate surface area is 140 Å². The Balaban J connectivity index is 1.64. The van der Waals surface area contributed by atoms with E-state index in [1.54, 1.807) is 36.7 Å². The highest BCUT2D eigenvalue weighted by Gasteiger charge is 2.11. The van der Waals surface area contributed by atoms with Gasteiger partial charge in [-0.05, 0) is 36.4 Å². The third kappa shape index (κ3) is 2.74. The summed E-state index contributed by atoms with van der Waals surface area (Å²) in [5.41, 5.74) is 2.74. The molecule has 0 unspecified atom stereocenters. The van der Waals surface area contributed by atoms with Crippen LogP contribution in [-0.4, -0.2) is 20.9 Å². The van der Waals surface area contributed by atoms with Crippen LogP contribution in [0, 0.1) is 0 Å². The zero-order valence-electron chi connectivity index (χ0n) is 11.7. The normalized spacial score (nSPS) is 11.0. The van der Waals surface area contributed by atoms with E-state index in [0.717, 1.165) is 15.7 Å². The number of amides is 1. The number of fused-ring (bicyclic) bond motifs is 2. The van der Waals surface area contributed by atoms with E-state index in [4.69, 9.17) is 11.6 Å². The van der Waals surface area contributed by atoms with Crippen LogP contribution < -0.4 is 5.32 Å². The Morgan fingerprint density at radius 1 is 1.00 bits per heavy atom. The fourth-order valence-corrected chi connectivity index (χ4v) is 3.36. The first-order valence-corrected chi connectivity index (χ1v) is 7.97. The molecule has 0 bridgehead atoms. The summed E-state index contributed by atoms with van der Waals surface area (Å²) in [7, 11) is 0. The number of hydrogen-bond donors (Lipinski definition) is 1. The van der Waals surface area contributed by atoms with Crippen LogP contribution in [0.2, 0.25) is 5.02 Å². The van der Waals surface area contributed by atoms with Gasteiger partial charge >= 0.3 is 0 Å². The molecule has 2 aromatic carbocycles. The van der Waals surface area contributed by atoms with Gasteiger partial charge in [-0.3, -0.25) is 20.1 Å². The number of aromatic nitrogens is 3. The van der Waals surface area contributed by atoms with Gasteiger partial charge in [-0.2, -0.15) is 0 Å². The number of carbonyl (C=O) groups is 1. The summed E-state index contributed by atoms with van der Waals surface area (Å²) in [5.74, 6) is -0.234. The number of hydrogen-bond acceptors (Lipinski definition) is 5. The van der Waals surface area contributed by atoms with Gasteiger partial charge in [-0.15, -0.1) is 0 Å². The number of benzene rings is 2. The number of anilines is 1. The molecule has 2 aromatic heterocycles. The molecule has 0 fully saturated rings. The SMILES string of the molecule is O=C(Nc1nc2ccc(Cl)cc2s1)c1ccc2nccnc2c1. The molecule has 2 heterocycles. The average Bonchev–Trinajstić information content (AvgIpc) is 2.95. The van der Waals surface area contributed by atoms with E-state index in [2.05, 4.69) is 20.3 Å². The smallest absolute Gasteiger partial charge is 0.257 e. The van der Waals surface area contributed by atoms with Gasteiger partial charge in [0.1, 0.15) is 0 Å². The molecule has 23 heavy (non-hydrogen) atoms. The summed E-state index contributed by atoms with van der Waals surface area (Å²) in [6, 6.07) is 10.6. The lowest BCUT2D eigenvalue weighted by molar-refractivity contribution is 0.102. The lowest BCUT2D eigenvalue weighted by Crippen LogP contribution is -2.11. The van der Waals surface area contributed by atoms with E-state index in [1.165, 1.54) is 11.3 Å². The van der Waals surface area contributed by atoms with Crippen molar-refractivity contribution in [3.05, 3.63) is 59.4 Å². The zero-order valence-corrected chi connectivity index (χ0v) is 13.2. The fraction of sp³-hybridized carbons (Fsp3) is 0. The van der Waals surface area contributed by atoms with Crippen molar-refractivity contribution in [3.8, 4) is 0 Å². The van der Waals surface area contributed by atoms with Gasteiger partial charge in [0, 0.05) is 23.0 Å². The highest BCUT2D eigenvalue weighted by atomic mass is 35.5. The quantitative estimate of drug-likeness (QED) is 0.595. The van der Waals surface area contributed by atoms with Gasteiger partial charge in [0.2, 0.25) is 0 Å². The summed E-state index contributed by atoms with van der Waals surface area (Å²) >= 11 is 7.35. The Morgan fingerprint density at radius 2 is 1.78 bits per heavy atom. The van der Waals surface area contributed by atoms with E-state index in [-0.39, 0.29) is 5.91 Å². The van der Waals surface area contributed by atoms with Gasteiger partial charge in [-0.1, -0.05) is 22.9 Å². The summed E-state index contributed by atoms with van der Waals surface area (Å²) in [4.78, 5) is 25.2. The molecule has 0 saturated carbocycles. The zero-order chi connectivity index (χ0) is 15.8. The first-order chi connectivity index (χ1) is 11.2. The van der Waals surface area contributed by atoms with Gasteiger partial charge < -0.3 is 0 Å². The second-order valence-electron chi connectivity index (χ2n) is 4.85. The number of rotatable bonds is 2. The van der Waals surface area contributed by atoms with Crippen molar-refractivity contribution in [2.24, 2.45) is 0 Å². The van der Waals surface area contributed by atoms with Crippen LogP contribution in [0.25, 0.3) is 21.3 Å². The van der Waals surface area contributed by atoms with E-state index in [9.17, 15) is 4.79 Å². The Hall–Kier alpha value is -2.57. The Bertz CT molecular complexity index is 1050. The molecule has 7 heteroatoms. The molecule has 0 atom stereocenters. The predicted octanol–water partition coefficient (Wildman–Crippen LogP) is 4.15. The first kappa shape index (κ1) is 14.0. The van der Waals surface area contributed by atoms with E-state index in [1.807, 2.05) is 12.1 Å². The largest absolute Gasteiger partial charge is 0.298 e. The van der Waals surface area contributed by atoms with Crippen molar-refractivity contribution in [2.45, 2.75) is 0 Å². The molecule has 0 aliphatic heterocycles.